The molecule has 2 N–H and O–H groups in total. The summed E-state index contributed by atoms with van der Waals surface area (Å²) in [5, 5.41) is 7.52. The van der Waals surface area contributed by atoms with Gasteiger partial charge < -0.3 is 10.6 Å². The van der Waals surface area contributed by atoms with Crippen LogP contribution in [-0.4, -0.2) is 25.2 Å². The van der Waals surface area contributed by atoms with Crippen LogP contribution in [0.1, 0.15) is 103 Å². The van der Waals surface area contributed by atoms with Gasteiger partial charge in [-0.15, -0.1) is 24.8 Å². The second-order valence-electron chi connectivity index (χ2n) is 7.70. The van der Waals surface area contributed by atoms with Crippen LogP contribution in [0.3, 0.4) is 0 Å². The summed E-state index contributed by atoms with van der Waals surface area (Å²) in [5.74, 6) is 0. The van der Waals surface area contributed by atoms with Crippen LogP contribution in [0.5, 0.6) is 0 Å². The van der Waals surface area contributed by atoms with E-state index in [0.29, 0.717) is 0 Å². The van der Waals surface area contributed by atoms with Crippen molar-refractivity contribution in [2.45, 2.75) is 115 Å². The van der Waals surface area contributed by atoms with Gasteiger partial charge in [-0.3, -0.25) is 0 Å². The highest BCUT2D eigenvalue weighted by molar-refractivity contribution is 5.85. The SMILES string of the molecule is C(CCCCNC1CCCCC1)CCCNC1CCCCC1.Cl.Cl. The van der Waals surface area contributed by atoms with E-state index in [-0.39, 0.29) is 24.8 Å². The molecule has 2 fully saturated rings. The summed E-state index contributed by atoms with van der Waals surface area (Å²) in [6.07, 6.45) is 22.9. The Kier molecular flexibility index (Phi) is 17.3. The second kappa shape index (κ2) is 16.9. The molecular weight excluding hydrogens is 339 g/mol. The van der Waals surface area contributed by atoms with Crippen molar-refractivity contribution in [3.8, 4) is 0 Å². The fourth-order valence-corrected chi connectivity index (χ4v) is 4.18. The van der Waals surface area contributed by atoms with Crippen LogP contribution in [-0.2, 0) is 0 Å². The highest BCUT2D eigenvalue weighted by atomic mass is 35.5. The normalized spacial score (nSPS) is 19.5. The average Bonchev–Trinajstić information content (AvgIpc) is 2.58. The quantitative estimate of drug-likeness (QED) is 0.428. The van der Waals surface area contributed by atoms with Crippen molar-refractivity contribution in [2.24, 2.45) is 0 Å². The molecular formula is C20H42Cl2N2. The maximum Gasteiger partial charge on any atom is 0.00670 e. The molecule has 2 nitrogen and oxygen atoms in total. The molecule has 0 unspecified atom stereocenters. The van der Waals surface area contributed by atoms with Gasteiger partial charge >= 0.3 is 0 Å². The molecule has 0 radical (unpaired) electrons. The molecule has 0 atom stereocenters. The maximum atomic E-state index is 3.76. The van der Waals surface area contributed by atoms with Gasteiger partial charge in [0.15, 0.2) is 0 Å². The molecule has 0 aromatic rings. The van der Waals surface area contributed by atoms with E-state index in [2.05, 4.69) is 10.6 Å². The third-order valence-corrected chi connectivity index (χ3v) is 5.68. The van der Waals surface area contributed by atoms with Gasteiger partial charge in [0.1, 0.15) is 0 Å². The lowest BCUT2D eigenvalue weighted by atomic mass is 9.95. The summed E-state index contributed by atoms with van der Waals surface area (Å²) in [5.41, 5.74) is 0. The van der Waals surface area contributed by atoms with Gasteiger partial charge in [-0.2, -0.15) is 0 Å². The number of nitrogens with one attached hydrogen (secondary N) is 2. The molecule has 0 saturated heterocycles. The summed E-state index contributed by atoms with van der Waals surface area (Å²) in [7, 11) is 0. The lowest BCUT2D eigenvalue weighted by molar-refractivity contribution is 0.366. The standard InChI is InChI=1S/C20H40N2.2ClH/c1(3-11-17-21-19-13-7-5-8-14-19)2-4-12-18-22-20-15-9-6-10-16-20;;/h19-22H,1-18H2;2*1H. The Bertz CT molecular complexity index is 226. The molecule has 2 aliphatic rings. The lowest BCUT2D eigenvalue weighted by Crippen LogP contribution is -2.31. The van der Waals surface area contributed by atoms with E-state index in [1.807, 2.05) is 0 Å². The number of unbranched alkanes of at least 4 members (excludes halogenated alkanes) is 5. The first-order valence-electron chi connectivity index (χ1n) is 10.4. The van der Waals surface area contributed by atoms with Crippen LogP contribution in [0.4, 0.5) is 0 Å². The smallest absolute Gasteiger partial charge is 0.00670 e. The Morgan fingerprint density at radius 1 is 0.458 bits per heavy atom. The van der Waals surface area contributed by atoms with Crippen LogP contribution in [0.15, 0.2) is 0 Å². The van der Waals surface area contributed by atoms with E-state index in [1.54, 1.807) is 0 Å². The van der Waals surface area contributed by atoms with Gasteiger partial charge in [-0.25, -0.2) is 0 Å². The van der Waals surface area contributed by atoms with Gasteiger partial charge in [0.25, 0.3) is 0 Å². The predicted molar refractivity (Wildman–Crippen MR) is 112 cm³/mol. The lowest BCUT2D eigenvalue weighted by Gasteiger charge is -2.23. The molecule has 24 heavy (non-hydrogen) atoms. The Morgan fingerprint density at radius 3 is 1.17 bits per heavy atom. The van der Waals surface area contributed by atoms with Gasteiger partial charge in [0.2, 0.25) is 0 Å². The Morgan fingerprint density at radius 2 is 0.792 bits per heavy atom. The van der Waals surface area contributed by atoms with E-state index in [1.165, 1.54) is 116 Å². The Labute approximate surface area is 163 Å². The zero-order valence-corrected chi connectivity index (χ0v) is 17.3. The molecule has 0 spiro atoms. The van der Waals surface area contributed by atoms with Crippen molar-refractivity contribution in [3.05, 3.63) is 0 Å². The van der Waals surface area contributed by atoms with Gasteiger partial charge in [0, 0.05) is 12.1 Å². The van der Waals surface area contributed by atoms with E-state index >= 15 is 0 Å². The molecule has 0 aromatic carbocycles. The van der Waals surface area contributed by atoms with Crippen molar-refractivity contribution in [2.75, 3.05) is 13.1 Å². The van der Waals surface area contributed by atoms with E-state index in [9.17, 15) is 0 Å². The monoisotopic (exact) mass is 380 g/mol. The molecule has 4 heteroatoms. The van der Waals surface area contributed by atoms with E-state index in [0.717, 1.165) is 12.1 Å². The molecule has 0 aromatic heterocycles. The summed E-state index contributed by atoms with van der Waals surface area (Å²) in [6, 6.07) is 1.69. The van der Waals surface area contributed by atoms with E-state index < -0.39 is 0 Å². The second-order valence-corrected chi connectivity index (χ2v) is 7.70. The summed E-state index contributed by atoms with van der Waals surface area (Å²) in [4.78, 5) is 0. The van der Waals surface area contributed by atoms with E-state index in [4.69, 9.17) is 0 Å². The largest absolute Gasteiger partial charge is 0.314 e. The zero-order chi connectivity index (χ0) is 15.3. The minimum absolute atomic E-state index is 0. The predicted octanol–water partition coefficient (Wildman–Crippen LogP) is 6.02. The Hall–Kier alpha value is 0.500. The first kappa shape index (κ1) is 24.5. The van der Waals surface area contributed by atoms with Crippen molar-refractivity contribution < 1.29 is 0 Å². The highest BCUT2D eigenvalue weighted by Crippen LogP contribution is 2.18. The summed E-state index contributed by atoms with van der Waals surface area (Å²) < 4.78 is 0. The molecule has 0 aliphatic heterocycles. The zero-order valence-electron chi connectivity index (χ0n) is 15.7. The fourth-order valence-electron chi connectivity index (χ4n) is 4.18. The third-order valence-electron chi connectivity index (χ3n) is 5.68. The number of hydrogen-bond acceptors (Lipinski definition) is 2. The number of rotatable bonds is 11. The van der Waals surface area contributed by atoms with Crippen LogP contribution in [0, 0.1) is 0 Å². The van der Waals surface area contributed by atoms with Gasteiger partial charge in [-0.05, 0) is 51.6 Å². The van der Waals surface area contributed by atoms with Gasteiger partial charge in [-0.1, -0.05) is 64.2 Å². The molecule has 2 saturated carbocycles. The fraction of sp³-hybridized carbons (Fsp3) is 1.00. The van der Waals surface area contributed by atoms with Crippen molar-refractivity contribution in [1.29, 1.82) is 0 Å². The first-order valence-corrected chi connectivity index (χ1v) is 10.4. The number of hydrogen-bond donors (Lipinski definition) is 2. The minimum atomic E-state index is 0. The Balaban J connectivity index is 0.00000264. The van der Waals surface area contributed by atoms with Crippen LogP contribution < -0.4 is 10.6 Å². The molecule has 0 bridgehead atoms. The average molecular weight is 381 g/mol. The molecule has 146 valence electrons. The molecule has 0 heterocycles. The summed E-state index contributed by atoms with van der Waals surface area (Å²) in [6.45, 7) is 2.52. The minimum Gasteiger partial charge on any atom is -0.314 e. The summed E-state index contributed by atoms with van der Waals surface area (Å²) >= 11 is 0. The van der Waals surface area contributed by atoms with Crippen molar-refractivity contribution in [3.63, 3.8) is 0 Å². The molecule has 0 amide bonds. The van der Waals surface area contributed by atoms with Crippen LogP contribution >= 0.6 is 24.8 Å². The topological polar surface area (TPSA) is 24.1 Å². The first-order chi connectivity index (χ1) is 10.9. The maximum absolute atomic E-state index is 3.76. The van der Waals surface area contributed by atoms with Crippen molar-refractivity contribution in [1.82, 2.24) is 10.6 Å². The number of halogens is 2. The third kappa shape index (κ3) is 12.0. The molecule has 2 aliphatic carbocycles. The van der Waals surface area contributed by atoms with Gasteiger partial charge in [0.05, 0.1) is 0 Å². The van der Waals surface area contributed by atoms with Crippen LogP contribution in [0.25, 0.3) is 0 Å². The van der Waals surface area contributed by atoms with Crippen molar-refractivity contribution >= 4 is 24.8 Å². The molecule has 2 rings (SSSR count). The highest BCUT2D eigenvalue weighted by Gasteiger charge is 2.12. The van der Waals surface area contributed by atoms with Crippen LogP contribution in [0.2, 0.25) is 0 Å².